The molecule has 9 nitrogen and oxygen atoms in total. The van der Waals surface area contributed by atoms with Gasteiger partial charge in [0.2, 0.25) is 5.95 Å². The van der Waals surface area contributed by atoms with Crippen LogP contribution < -0.4 is 21.3 Å². The molecular weight excluding hydrogens is 444 g/mol. The summed E-state index contributed by atoms with van der Waals surface area (Å²) in [6, 6.07) is 11.1. The van der Waals surface area contributed by atoms with E-state index in [1.165, 1.54) is 18.4 Å². The van der Waals surface area contributed by atoms with Crippen LogP contribution in [0.3, 0.4) is 0 Å². The van der Waals surface area contributed by atoms with Crippen molar-refractivity contribution in [3.8, 4) is 11.5 Å². The van der Waals surface area contributed by atoms with Crippen LogP contribution in [0.1, 0.15) is 30.7 Å². The average Bonchev–Trinajstić information content (AvgIpc) is 3.49. The van der Waals surface area contributed by atoms with E-state index in [9.17, 15) is 4.79 Å². The Morgan fingerprint density at radius 3 is 2.80 bits per heavy atom. The van der Waals surface area contributed by atoms with Crippen LogP contribution in [0.15, 0.2) is 53.6 Å². The minimum absolute atomic E-state index is 0.0346. The van der Waals surface area contributed by atoms with Gasteiger partial charge in [0.15, 0.2) is 0 Å². The number of imidazole rings is 1. The van der Waals surface area contributed by atoms with Crippen LogP contribution >= 0.6 is 0 Å². The number of pyridine rings is 2. The highest BCUT2D eigenvalue weighted by atomic mass is 16.5. The minimum Gasteiger partial charge on any atom is -0.457 e. The van der Waals surface area contributed by atoms with Crippen molar-refractivity contribution in [2.75, 3.05) is 24.3 Å². The highest BCUT2D eigenvalue weighted by Gasteiger charge is 2.26. The van der Waals surface area contributed by atoms with E-state index >= 15 is 0 Å². The van der Waals surface area contributed by atoms with Crippen LogP contribution in [0.2, 0.25) is 0 Å². The van der Waals surface area contributed by atoms with Gasteiger partial charge in [-0.2, -0.15) is 0 Å². The molecule has 2 aliphatic rings. The first kappa shape index (κ1) is 21.7. The average molecular weight is 473 g/mol. The summed E-state index contributed by atoms with van der Waals surface area (Å²) in [6.45, 7) is 2.16. The highest BCUT2D eigenvalue weighted by Crippen LogP contribution is 2.40. The van der Waals surface area contributed by atoms with E-state index in [2.05, 4.69) is 10.3 Å². The first-order chi connectivity index (χ1) is 17.0. The van der Waals surface area contributed by atoms with E-state index in [4.69, 9.17) is 20.2 Å². The molecule has 3 aromatic heterocycles. The van der Waals surface area contributed by atoms with Crippen molar-refractivity contribution < 1.29 is 9.47 Å². The predicted octanol–water partition coefficient (Wildman–Crippen LogP) is 4.16. The number of nitrogen functional groups attached to an aromatic ring is 1. The smallest absolute Gasteiger partial charge is 0.274 e. The van der Waals surface area contributed by atoms with E-state index in [-0.39, 0.29) is 5.56 Å². The van der Waals surface area contributed by atoms with E-state index < -0.39 is 0 Å². The molecule has 35 heavy (non-hydrogen) atoms. The second-order valence-corrected chi connectivity index (χ2v) is 9.44. The molecule has 4 heterocycles. The number of nitrogens with one attached hydrogen (secondary N) is 1. The Morgan fingerprint density at radius 2 is 2.03 bits per heavy atom. The molecule has 1 aliphatic carbocycles. The summed E-state index contributed by atoms with van der Waals surface area (Å²) in [5.74, 6) is 3.18. The van der Waals surface area contributed by atoms with Crippen molar-refractivity contribution in [2.24, 2.45) is 13.0 Å². The molecule has 0 amide bonds. The fourth-order valence-corrected chi connectivity index (χ4v) is 4.62. The lowest BCUT2D eigenvalue weighted by Crippen LogP contribution is -2.26. The maximum atomic E-state index is 13.4. The van der Waals surface area contributed by atoms with E-state index in [0.717, 1.165) is 24.1 Å². The Labute approximate surface area is 202 Å². The lowest BCUT2D eigenvalue weighted by atomic mass is 10.1. The fraction of sp³-hybridized carbons (Fsp3) is 0.346. The molecule has 1 aromatic carbocycles. The van der Waals surface area contributed by atoms with Crippen LogP contribution in [-0.4, -0.2) is 32.3 Å². The van der Waals surface area contributed by atoms with Gasteiger partial charge in [-0.05, 0) is 55.0 Å². The lowest BCUT2D eigenvalue weighted by molar-refractivity contribution is 0.182. The number of rotatable bonds is 7. The second kappa shape index (κ2) is 8.74. The third-order valence-corrected chi connectivity index (χ3v) is 6.72. The Morgan fingerprint density at radius 1 is 1.17 bits per heavy atom. The zero-order valence-electron chi connectivity index (χ0n) is 19.6. The van der Waals surface area contributed by atoms with Gasteiger partial charge >= 0.3 is 0 Å². The first-order valence-electron chi connectivity index (χ1n) is 12.0. The zero-order valence-corrected chi connectivity index (χ0v) is 19.6. The maximum absolute atomic E-state index is 13.4. The number of ether oxygens (including phenoxy) is 2. The number of aryl methyl sites for hydroxylation is 1. The number of benzene rings is 1. The predicted molar refractivity (Wildman–Crippen MR) is 134 cm³/mol. The van der Waals surface area contributed by atoms with Crippen molar-refractivity contribution in [3.05, 3.63) is 64.7 Å². The molecule has 0 bridgehead atoms. The highest BCUT2D eigenvalue weighted by molar-refractivity contribution is 5.81. The molecule has 0 radical (unpaired) electrons. The van der Waals surface area contributed by atoms with Gasteiger partial charge in [-0.1, -0.05) is 0 Å². The fourth-order valence-electron chi connectivity index (χ4n) is 4.62. The summed E-state index contributed by atoms with van der Waals surface area (Å²) in [6.07, 6.45) is 6.97. The van der Waals surface area contributed by atoms with Gasteiger partial charge in [0.25, 0.3) is 5.56 Å². The van der Waals surface area contributed by atoms with Crippen molar-refractivity contribution in [2.45, 2.75) is 31.7 Å². The summed E-state index contributed by atoms with van der Waals surface area (Å²) < 4.78 is 15.3. The molecule has 2 fully saturated rings. The summed E-state index contributed by atoms with van der Waals surface area (Å²) in [4.78, 5) is 22.1. The zero-order chi connectivity index (χ0) is 23.9. The van der Waals surface area contributed by atoms with Crippen molar-refractivity contribution in [1.82, 2.24) is 19.1 Å². The monoisotopic (exact) mass is 472 g/mol. The molecule has 1 aliphatic heterocycles. The minimum atomic E-state index is -0.0346. The van der Waals surface area contributed by atoms with E-state index in [0.29, 0.717) is 53.9 Å². The largest absolute Gasteiger partial charge is 0.457 e. The third-order valence-electron chi connectivity index (χ3n) is 6.72. The maximum Gasteiger partial charge on any atom is 0.274 e. The Bertz CT molecular complexity index is 1450. The molecular formula is C26H28N6O3. The van der Waals surface area contributed by atoms with Crippen molar-refractivity contribution in [1.29, 1.82) is 0 Å². The summed E-state index contributed by atoms with van der Waals surface area (Å²) in [5.41, 5.74) is 9.17. The molecule has 1 atom stereocenters. The van der Waals surface area contributed by atoms with Gasteiger partial charge in [-0.3, -0.25) is 4.79 Å². The van der Waals surface area contributed by atoms with Crippen molar-refractivity contribution in [3.63, 3.8) is 0 Å². The SMILES string of the molecule is Cn1c(Nc2cc(C3CC3)cn(CC3CCOC3)c2=O)nc2ccc(Oc3ccnc(N)c3)cc21. The van der Waals surface area contributed by atoms with Crippen molar-refractivity contribution >= 4 is 28.5 Å². The van der Waals surface area contributed by atoms with Gasteiger partial charge in [0, 0.05) is 50.6 Å². The number of nitrogens with two attached hydrogens (primary N) is 1. The van der Waals surface area contributed by atoms with Gasteiger partial charge in [0.1, 0.15) is 23.0 Å². The summed E-state index contributed by atoms with van der Waals surface area (Å²) >= 11 is 0. The molecule has 4 aromatic rings. The Hall–Kier alpha value is -3.85. The Balaban J connectivity index is 1.31. The van der Waals surface area contributed by atoms with E-state index in [1.807, 2.05) is 46.6 Å². The molecule has 1 saturated carbocycles. The molecule has 1 saturated heterocycles. The summed E-state index contributed by atoms with van der Waals surface area (Å²) in [7, 11) is 1.92. The topological polar surface area (TPSA) is 109 Å². The number of nitrogens with zero attached hydrogens (tertiary/aromatic N) is 4. The number of aromatic nitrogens is 4. The first-order valence-corrected chi connectivity index (χ1v) is 12.0. The molecule has 1 unspecified atom stereocenters. The Kier molecular flexibility index (Phi) is 5.41. The number of hydrogen-bond acceptors (Lipinski definition) is 7. The lowest BCUT2D eigenvalue weighted by Gasteiger charge is -2.15. The third kappa shape index (κ3) is 4.46. The molecule has 3 N–H and O–H groups in total. The quantitative estimate of drug-likeness (QED) is 0.416. The molecule has 0 spiro atoms. The second-order valence-electron chi connectivity index (χ2n) is 9.44. The van der Waals surface area contributed by atoms with Crippen LogP contribution in [0.25, 0.3) is 11.0 Å². The van der Waals surface area contributed by atoms with E-state index in [1.54, 1.807) is 18.3 Å². The van der Waals surface area contributed by atoms with Crippen LogP contribution in [0.5, 0.6) is 11.5 Å². The van der Waals surface area contributed by atoms with Gasteiger partial charge < -0.3 is 29.7 Å². The van der Waals surface area contributed by atoms with Gasteiger partial charge in [-0.15, -0.1) is 0 Å². The van der Waals surface area contributed by atoms with Crippen LogP contribution in [0, 0.1) is 5.92 Å². The molecule has 6 rings (SSSR count). The standard InChI is InChI=1S/C26H28N6O3/c1-31-23-11-19(35-20-6-8-28-24(27)12-20)4-5-21(23)29-26(31)30-22-10-18(17-2-3-17)14-32(25(22)33)13-16-7-9-34-15-16/h4-6,8,10-12,14,16-17H,2-3,7,9,13,15H2,1H3,(H2,27,28)(H,29,30). The van der Waals surface area contributed by atoms with Crippen LogP contribution in [0.4, 0.5) is 17.5 Å². The van der Waals surface area contributed by atoms with Gasteiger partial charge in [0.05, 0.1) is 17.6 Å². The van der Waals surface area contributed by atoms with Gasteiger partial charge in [-0.25, -0.2) is 9.97 Å². The molecule has 9 heteroatoms. The number of fused-ring (bicyclic) bond motifs is 1. The van der Waals surface area contributed by atoms with Crippen LogP contribution in [-0.2, 0) is 18.3 Å². The normalized spacial score (nSPS) is 17.7. The number of anilines is 3. The molecule has 180 valence electrons. The number of hydrogen-bond donors (Lipinski definition) is 2. The summed E-state index contributed by atoms with van der Waals surface area (Å²) in [5, 5.41) is 3.32.